The number of thiophene rings is 1. The SMILES string of the molecule is CCN(CC)S(=O)(=O)c1ccc2c(c1)CCN2C(=O)c1cccc(OCc2cccs2)c1. The molecule has 168 valence electrons. The minimum absolute atomic E-state index is 0.121. The van der Waals surface area contributed by atoms with E-state index in [1.807, 2.05) is 43.5 Å². The fraction of sp³-hybridized carbons (Fsp3) is 0.292. The number of carbonyl (C=O) groups is 1. The largest absolute Gasteiger partial charge is 0.488 e. The van der Waals surface area contributed by atoms with Crippen LogP contribution >= 0.6 is 11.3 Å². The molecular weight excluding hydrogens is 444 g/mol. The molecule has 0 saturated carbocycles. The van der Waals surface area contributed by atoms with E-state index in [1.165, 1.54) is 4.31 Å². The minimum Gasteiger partial charge on any atom is -0.488 e. The van der Waals surface area contributed by atoms with E-state index >= 15 is 0 Å². The van der Waals surface area contributed by atoms with Crippen LogP contribution in [0.2, 0.25) is 0 Å². The van der Waals surface area contributed by atoms with E-state index in [9.17, 15) is 13.2 Å². The molecule has 0 radical (unpaired) electrons. The summed E-state index contributed by atoms with van der Waals surface area (Å²) in [6, 6.07) is 16.2. The van der Waals surface area contributed by atoms with E-state index in [0.29, 0.717) is 44.0 Å². The average Bonchev–Trinajstić information content (AvgIpc) is 3.47. The lowest BCUT2D eigenvalue weighted by molar-refractivity contribution is 0.0989. The standard InChI is InChI=1S/C24H26N2O4S2/c1-3-25(4-2)32(28,29)22-10-11-23-18(16-22)12-13-26(23)24(27)19-7-5-8-20(15-19)30-17-21-9-6-14-31-21/h5-11,14-16H,3-4,12-13,17H2,1-2H3. The summed E-state index contributed by atoms with van der Waals surface area (Å²) in [6.45, 7) is 5.48. The molecule has 6 nitrogen and oxygen atoms in total. The molecule has 4 rings (SSSR count). The number of fused-ring (bicyclic) bond motifs is 1. The van der Waals surface area contributed by atoms with E-state index in [2.05, 4.69) is 0 Å². The van der Waals surface area contributed by atoms with Crippen molar-refractivity contribution >= 4 is 33.0 Å². The summed E-state index contributed by atoms with van der Waals surface area (Å²) >= 11 is 1.63. The molecule has 0 saturated heterocycles. The third-order valence-electron chi connectivity index (χ3n) is 5.58. The Hall–Kier alpha value is -2.68. The molecule has 0 aliphatic carbocycles. The predicted octanol–water partition coefficient (Wildman–Crippen LogP) is 4.56. The third kappa shape index (κ3) is 4.44. The number of anilines is 1. The van der Waals surface area contributed by atoms with Gasteiger partial charge in [-0.1, -0.05) is 26.0 Å². The third-order valence-corrected chi connectivity index (χ3v) is 8.47. The Morgan fingerprint density at radius 3 is 2.62 bits per heavy atom. The normalized spacial score (nSPS) is 13.4. The molecule has 1 aliphatic heterocycles. The van der Waals surface area contributed by atoms with Gasteiger partial charge in [-0.05, 0) is 59.8 Å². The van der Waals surface area contributed by atoms with E-state index in [4.69, 9.17) is 4.74 Å². The fourth-order valence-electron chi connectivity index (χ4n) is 3.89. The van der Waals surface area contributed by atoms with Crippen LogP contribution in [0.25, 0.3) is 0 Å². The van der Waals surface area contributed by atoms with E-state index in [0.717, 1.165) is 16.1 Å². The molecule has 0 bridgehead atoms. The van der Waals surface area contributed by atoms with Crippen LogP contribution in [0.3, 0.4) is 0 Å². The summed E-state index contributed by atoms with van der Waals surface area (Å²) in [6.07, 6.45) is 0.622. The lowest BCUT2D eigenvalue weighted by Gasteiger charge is -2.20. The van der Waals surface area contributed by atoms with Crippen molar-refractivity contribution in [3.63, 3.8) is 0 Å². The van der Waals surface area contributed by atoms with Crippen molar-refractivity contribution in [1.29, 1.82) is 0 Å². The quantitative estimate of drug-likeness (QED) is 0.484. The first-order chi connectivity index (χ1) is 15.4. The zero-order chi connectivity index (χ0) is 22.7. The number of carbonyl (C=O) groups excluding carboxylic acids is 1. The van der Waals surface area contributed by atoms with Crippen molar-refractivity contribution in [3.05, 3.63) is 76.0 Å². The molecule has 0 unspecified atom stereocenters. The van der Waals surface area contributed by atoms with E-state index < -0.39 is 10.0 Å². The highest BCUT2D eigenvalue weighted by molar-refractivity contribution is 7.89. The van der Waals surface area contributed by atoms with Gasteiger partial charge in [-0.2, -0.15) is 4.31 Å². The lowest BCUT2D eigenvalue weighted by Crippen LogP contribution is -2.30. The number of sulfonamides is 1. The van der Waals surface area contributed by atoms with Gasteiger partial charge in [0.2, 0.25) is 10.0 Å². The molecule has 2 aromatic carbocycles. The maximum atomic E-state index is 13.2. The van der Waals surface area contributed by atoms with E-state index in [-0.39, 0.29) is 10.8 Å². The second kappa shape index (κ2) is 9.44. The van der Waals surface area contributed by atoms with Crippen LogP contribution in [0.5, 0.6) is 5.75 Å². The topological polar surface area (TPSA) is 66.9 Å². The maximum Gasteiger partial charge on any atom is 0.258 e. The first kappa shape index (κ1) is 22.5. The molecule has 32 heavy (non-hydrogen) atoms. The number of ether oxygens (including phenoxy) is 1. The van der Waals surface area contributed by atoms with Gasteiger partial charge in [0, 0.05) is 35.8 Å². The van der Waals surface area contributed by atoms with Gasteiger partial charge in [0.1, 0.15) is 12.4 Å². The van der Waals surface area contributed by atoms with Crippen molar-refractivity contribution in [1.82, 2.24) is 4.31 Å². The summed E-state index contributed by atoms with van der Waals surface area (Å²) in [7, 11) is -3.53. The van der Waals surface area contributed by atoms with Gasteiger partial charge in [0.25, 0.3) is 5.91 Å². The molecular formula is C24H26N2O4S2. The molecule has 0 spiro atoms. The number of rotatable bonds is 8. The summed E-state index contributed by atoms with van der Waals surface area (Å²) in [5, 5.41) is 2.00. The number of amides is 1. The second-order valence-corrected chi connectivity index (χ2v) is 10.5. The Morgan fingerprint density at radius 1 is 1.09 bits per heavy atom. The summed E-state index contributed by atoms with van der Waals surface area (Å²) in [4.78, 5) is 16.3. The van der Waals surface area contributed by atoms with Crippen LogP contribution in [-0.4, -0.2) is 38.3 Å². The van der Waals surface area contributed by atoms with Gasteiger partial charge >= 0.3 is 0 Å². The maximum absolute atomic E-state index is 13.2. The predicted molar refractivity (Wildman–Crippen MR) is 127 cm³/mol. The van der Waals surface area contributed by atoms with Crippen LogP contribution in [0.15, 0.2) is 64.9 Å². The fourth-order valence-corrected chi connectivity index (χ4v) is 6.01. The Labute approximate surface area is 193 Å². The summed E-state index contributed by atoms with van der Waals surface area (Å²) in [5.41, 5.74) is 2.18. The first-order valence-corrected chi connectivity index (χ1v) is 13.0. The molecule has 2 heterocycles. The van der Waals surface area contributed by atoms with Gasteiger partial charge in [-0.3, -0.25) is 4.79 Å². The zero-order valence-corrected chi connectivity index (χ0v) is 19.8. The van der Waals surface area contributed by atoms with Crippen LogP contribution in [0, 0.1) is 0 Å². The van der Waals surface area contributed by atoms with Crippen LogP contribution in [0.4, 0.5) is 5.69 Å². The number of hydrogen-bond acceptors (Lipinski definition) is 5. The van der Waals surface area contributed by atoms with Crippen LogP contribution in [0.1, 0.15) is 34.6 Å². The van der Waals surface area contributed by atoms with Gasteiger partial charge < -0.3 is 9.64 Å². The summed E-state index contributed by atoms with van der Waals surface area (Å²) < 4.78 is 33.0. The van der Waals surface area contributed by atoms with Gasteiger partial charge in [0.15, 0.2) is 0 Å². The van der Waals surface area contributed by atoms with Gasteiger partial charge in [-0.25, -0.2) is 8.42 Å². The van der Waals surface area contributed by atoms with Gasteiger partial charge in [-0.15, -0.1) is 11.3 Å². The zero-order valence-electron chi connectivity index (χ0n) is 18.2. The Kier molecular flexibility index (Phi) is 6.64. The molecule has 8 heteroatoms. The highest BCUT2D eigenvalue weighted by Crippen LogP contribution is 2.32. The van der Waals surface area contributed by atoms with Crippen molar-refractivity contribution in [2.75, 3.05) is 24.5 Å². The Bertz CT molecular complexity index is 1200. The lowest BCUT2D eigenvalue weighted by atomic mass is 10.1. The van der Waals surface area contributed by atoms with Crippen molar-refractivity contribution < 1.29 is 17.9 Å². The first-order valence-electron chi connectivity index (χ1n) is 10.6. The number of hydrogen-bond donors (Lipinski definition) is 0. The monoisotopic (exact) mass is 470 g/mol. The van der Waals surface area contributed by atoms with E-state index in [1.54, 1.807) is 46.6 Å². The molecule has 0 atom stereocenters. The Morgan fingerprint density at radius 2 is 1.91 bits per heavy atom. The molecule has 3 aromatic rings. The highest BCUT2D eigenvalue weighted by Gasteiger charge is 2.29. The molecule has 1 aliphatic rings. The second-order valence-electron chi connectivity index (χ2n) is 7.48. The van der Waals surface area contributed by atoms with Gasteiger partial charge in [0.05, 0.1) is 4.90 Å². The van der Waals surface area contributed by atoms with Crippen molar-refractivity contribution in [3.8, 4) is 5.75 Å². The van der Waals surface area contributed by atoms with Crippen molar-refractivity contribution in [2.24, 2.45) is 0 Å². The summed E-state index contributed by atoms with van der Waals surface area (Å²) in [5.74, 6) is 0.522. The highest BCUT2D eigenvalue weighted by atomic mass is 32.2. The van der Waals surface area contributed by atoms with Crippen LogP contribution in [-0.2, 0) is 23.1 Å². The molecule has 0 N–H and O–H groups in total. The minimum atomic E-state index is -3.53. The number of nitrogens with zero attached hydrogens (tertiary/aromatic N) is 2. The molecule has 1 amide bonds. The van der Waals surface area contributed by atoms with Crippen LogP contribution < -0.4 is 9.64 Å². The average molecular weight is 471 g/mol. The number of benzene rings is 2. The Balaban J connectivity index is 1.53. The molecule has 0 fully saturated rings. The smallest absolute Gasteiger partial charge is 0.258 e. The molecule has 1 aromatic heterocycles. The van der Waals surface area contributed by atoms with Crippen molar-refractivity contribution in [2.45, 2.75) is 31.8 Å².